The van der Waals surface area contributed by atoms with Crippen molar-refractivity contribution in [1.82, 2.24) is 14.8 Å². The summed E-state index contributed by atoms with van der Waals surface area (Å²) in [6, 6.07) is 5.49. The number of rotatable bonds is 10. The van der Waals surface area contributed by atoms with Crippen molar-refractivity contribution in [2.75, 3.05) is 53.3 Å². The second-order valence-electron chi connectivity index (χ2n) is 6.65. The first-order valence-electron chi connectivity index (χ1n) is 9.28. The lowest BCUT2D eigenvalue weighted by Crippen LogP contribution is -2.41. The molecule has 9 heteroatoms. The number of hydrogen-bond donors (Lipinski definition) is 1. The molecule has 29 heavy (non-hydrogen) atoms. The lowest BCUT2D eigenvalue weighted by Gasteiger charge is -2.22. The molecule has 1 aromatic heterocycles. The van der Waals surface area contributed by atoms with Gasteiger partial charge in [-0.15, -0.1) is 11.3 Å². The van der Waals surface area contributed by atoms with Crippen LogP contribution in [0.5, 0.6) is 11.5 Å². The zero-order valence-corrected chi connectivity index (χ0v) is 18.3. The molecular formula is C20H28N4O4S. The van der Waals surface area contributed by atoms with Crippen LogP contribution in [0.15, 0.2) is 23.6 Å². The van der Waals surface area contributed by atoms with Crippen molar-refractivity contribution in [3.63, 3.8) is 0 Å². The normalized spacial score (nSPS) is 10.7. The Morgan fingerprint density at radius 2 is 1.93 bits per heavy atom. The Morgan fingerprint density at radius 3 is 2.55 bits per heavy atom. The minimum Gasteiger partial charge on any atom is -0.497 e. The van der Waals surface area contributed by atoms with Crippen LogP contribution in [0.25, 0.3) is 11.3 Å². The molecule has 158 valence electrons. The van der Waals surface area contributed by atoms with Gasteiger partial charge in [-0.05, 0) is 25.1 Å². The number of carbonyl (C=O) groups is 2. The quantitative estimate of drug-likeness (QED) is 0.636. The van der Waals surface area contributed by atoms with E-state index in [9.17, 15) is 9.59 Å². The number of ether oxygens (including phenoxy) is 2. The molecular weight excluding hydrogens is 392 g/mol. The number of likely N-dealkylation sites (N-methyl/N-ethyl adjacent to an activating group) is 1. The van der Waals surface area contributed by atoms with Gasteiger partial charge in [0, 0.05) is 31.1 Å². The molecule has 0 aliphatic carbocycles. The van der Waals surface area contributed by atoms with Gasteiger partial charge >= 0.3 is 0 Å². The second kappa shape index (κ2) is 10.8. The molecule has 0 unspecified atom stereocenters. The largest absolute Gasteiger partial charge is 0.497 e. The minimum absolute atomic E-state index is 0.0330. The average Bonchev–Trinajstić information content (AvgIpc) is 3.15. The summed E-state index contributed by atoms with van der Waals surface area (Å²) in [6.45, 7) is 3.02. The molecule has 2 rings (SSSR count). The highest BCUT2D eigenvalue weighted by Gasteiger charge is 2.17. The van der Waals surface area contributed by atoms with E-state index in [0.717, 1.165) is 12.0 Å². The Labute approximate surface area is 175 Å². The van der Waals surface area contributed by atoms with Crippen LogP contribution in [0.3, 0.4) is 0 Å². The maximum Gasteiger partial charge on any atom is 0.240 e. The molecule has 0 aliphatic heterocycles. The Kier molecular flexibility index (Phi) is 8.41. The summed E-state index contributed by atoms with van der Waals surface area (Å²) >= 11 is 1.34. The Morgan fingerprint density at radius 1 is 1.17 bits per heavy atom. The van der Waals surface area contributed by atoms with E-state index in [1.807, 2.05) is 29.3 Å². The third-order valence-electron chi connectivity index (χ3n) is 4.20. The molecule has 1 heterocycles. The number of carbonyl (C=O) groups excluding carboxylic acids is 2. The molecule has 2 amide bonds. The SMILES string of the molecule is CCCN(CC(=O)Nc1nc(-c2ccc(OC)cc2OC)cs1)CC(=O)N(C)C. The van der Waals surface area contributed by atoms with Crippen molar-refractivity contribution >= 4 is 28.3 Å². The number of nitrogens with one attached hydrogen (secondary N) is 1. The summed E-state index contributed by atoms with van der Waals surface area (Å²) in [5.41, 5.74) is 1.52. The lowest BCUT2D eigenvalue weighted by atomic mass is 10.1. The Balaban J connectivity index is 2.05. The smallest absolute Gasteiger partial charge is 0.240 e. The van der Waals surface area contributed by atoms with Crippen LogP contribution in [0.1, 0.15) is 13.3 Å². The number of thiazole rings is 1. The van der Waals surface area contributed by atoms with Gasteiger partial charge in [0.15, 0.2) is 5.13 Å². The highest BCUT2D eigenvalue weighted by atomic mass is 32.1. The fourth-order valence-electron chi connectivity index (χ4n) is 2.69. The Hall–Kier alpha value is -2.65. The average molecular weight is 421 g/mol. The highest BCUT2D eigenvalue weighted by Crippen LogP contribution is 2.34. The maximum atomic E-state index is 12.4. The number of anilines is 1. The molecule has 0 radical (unpaired) electrons. The molecule has 8 nitrogen and oxygen atoms in total. The van der Waals surface area contributed by atoms with Crippen LogP contribution in [0, 0.1) is 0 Å². The molecule has 0 atom stereocenters. The highest BCUT2D eigenvalue weighted by molar-refractivity contribution is 7.14. The van der Waals surface area contributed by atoms with Gasteiger partial charge in [-0.25, -0.2) is 4.98 Å². The number of nitrogens with zero attached hydrogens (tertiary/aromatic N) is 3. The molecule has 0 aliphatic rings. The van der Waals surface area contributed by atoms with Crippen LogP contribution < -0.4 is 14.8 Å². The molecule has 2 aromatic rings. The maximum absolute atomic E-state index is 12.4. The predicted molar refractivity (Wildman–Crippen MR) is 115 cm³/mol. The van der Waals surface area contributed by atoms with Gasteiger partial charge in [0.1, 0.15) is 11.5 Å². The van der Waals surface area contributed by atoms with E-state index >= 15 is 0 Å². The molecule has 0 bridgehead atoms. The lowest BCUT2D eigenvalue weighted by molar-refractivity contribution is -0.130. The van der Waals surface area contributed by atoms with Crippen molar-refractivity contribution in [1.29, 1.82) is 0 Å². The summed E-state index contributed by atoms with van der Waals surface area (Å²) in [5.74, 6) is 1.10. The first kappa shape index (κ1) is 22.6. The monoisotopic (exact) mass is 420 g/mol. The number of hydrogen-bond acceptors (Lipinski definition) is 7. The fraction of sp³-hybridized carbons (Fsp3) is 0.450. The zero-order chi connectivity index (χ0) is 21.4. The van der Waals surface area contributed by atoms with Gasteiger partial charge in [0.05, 0.1) is 33.0 Å². The summed E-state index contributed by atoms with van der Waals surface area (Å²) < 4.78 is 10.6. The fourth-order valence-corrected chi connectivity index (χ4v) is 3.42. The van der Waals surface area contributed by atoms with Crippen LogP contribution in [-0.2, 0) is 9.59 Å². The van der Waals surface area contributed by atoms with E-state index in [4.69, 9.17) is 9.47 Å². The number of amides is 2. The Bertz CT molecular complexity index is 838. The van der Waals surface area contributed by atoms with E-state index in [1.165, 1.54) is 16.2 Å². The zero-order valence-electron chi connectivity index (χ0n) is 17.5. The molecule has 1 aromatic carbocycles. The minimum atomic E-state index is -0.201. The molecule has 0 fully saturated rings. The van der Waals surface area contributed by atoms with Crippen LogP contribution in [0.2, 0.25) is 0 Å². The van der Waals surface area contributed by atoms with Crippen molar-refractivity contribution in [2.45, 2.75) is 13.3 Å². The first-order valence-corrected chi connectivity index (χ1v) is 10.2. The topological polar surface area (TPSA) is 84.0 Å². The molecule has 0 saturated carbocycles. The van der Waals surface area contributed by atoms with E-state index in [1.54, 1.807) is 34.4 Å². The number of aromatic nitrogens is 1. The summed E-state index contributed by atoms with van der Waals surface area (Å²) in [5, 5.41) is 5.18. The van der Waals surface area contributed by atoms with E-state index in [-0.39, 0.29) is 24.9 Å². The van der Waals surface area contributed by atoms with Crippen molar-refractivity contribution in [3.8, 4) is 22.8 Å². The molecule has 0 spiro atoms. The van der Waals surface area contributed by atoms with Crippen LogP contribution >= 0.6 is 11.3 Å². The number of benzene rings is 1. The summed E-state index contributed by atoms with van der Waals surface area (Å²) in [6.07, 6.45) is 0.854. The third-order valence-corrected chi connectivity index (χ3v) is 4.96. The standard InChI is InChI=1S/C20H28N4O4S/c1-6-9-24(12-19(26)23(2)3)11-18(25)22-20-21-16(13-29-20)15-8-7-14(27-4)10-17(15)28-5/h7-8,10,13H,6,9,11-12H2,1-5H3,(H,21,22,25). The van der Waals surface area contributed by atoms with Crippen molar-refractivity contribution in [2.24, 2.45) is 0 Å². The van der Waals surface area contributed by atoms with Gasteiger partial charge in [0.2, 0.25) is 11.8 Å². The van der Waals surface area contributed by atoms with Gasteiger partial charge < -0.3 is 19.7 Å². The van der Waals surface area contributed by atoms with Crippen molar-refractivity contribution in [3.05, 3.63) is 23.6 Å². The summed E-state index contributed by atoms with van der Waals surface area (Å²) in [4.78, 5) is 32.3. The summed E-state index contributed by atoms with van der Waals surface area (Å²) in [7, 11) is 6.59. The van der Waals surface area contributed by atoms with Gasteiger partial charge in [-0.1, -0.05) is 6.92 Å². The van der Waals surface area contributed by atoms with E-state index < -0.39 is 0 Å². The number of methoxy groups -OCH3 is 2. The molecule has 1 N–H and O–H groups in total. The van der Waals surface area contributed by atoms with E-state index in [0.29, 0.717) is 28.9 Å². The predicted octanol–water partition coefficient (Wildman–Crippen LogP) is 2.57. The van der Waals surface area contributed by atoms with Gasteiger partial charge in [0.25, 0.3) is 0 Å². The van der Waals surface area contributed by atoms with Crippen LogP contribution in [0.4, 0.5) is 5.13 Å². The first-order chi connectivity index (χ1) is 13.9. The second-order valence-corrected chi connectivity index (χ2v) is 7.51. The molecule has 0 saturated heterocycles. The van der Waals surface area contributed by atoms with Crippen molar-refractivity contribution < 1.29 is 19.1 Å². The third kappa shape index (κ3) is 6.43. The van der Waals surface area contributed by atoms with Gasteiger partial charge in [-0.3, -0.25) is 14.5 Å². The van der Waals surface area contributed by atoms with Gasteiger partial charge in [-0.2, -0.15) is 0 Å². The van der Waals surface area contributed by atoms with E-state index in [2.05, 4.69) is 10.3 Å². The van der Waals surface area contributed by atoms with Crippen LogP contribution in [-0.4, -0.2) is 74.5 Å².